The van der Waals surface area contributed by atoms with E-state index < -0.39 is 0 Å². The molecular weight excluding hydrogens is 274 g/mol. The standard InChI is InChI=1S/C18H23N3O/c1-12-9-13(2)11-14(10-12)17(7-8-17)16-20-15(21-22-16)18(19)5-3-4-6-18/h9-11H,3-8,19H2,1-2H3. The number of nitrogens with two attached hydrogens (primary N) is 1. The molecule has 4 nitrogen and oxygen atoms in total. The predicted molar refractivity (Wildman–Crippen MR) is 84.6 cm³/mol. The van der Waals surface area contributed by atoms with Crippen LogP contribution in [0.3, 0.4) is 0 Å². The Hall–Kier alpha value is -1.68. The third-order valence-electron chi connectivity index (χ3n) is 5.30. The molecular formula is C18H23N3O. The summed E-state index contributed by atoms with van der Waals surface area (Å²) in [5, 5.41) is 4.24. The Labute approximate surface area is 131 Å². The van der Waals surface area contributed by atoms with Crippen LogP contribution in [0, 0.1) is 13.8 Å². The molecule has 0 aliphatic heterocycles. The molecule has 1 heterocycles. The van der Waals surface area contributed by atoms with Gasteiger partial charge in [0.25, 0.3) is 0 Å². The summed E-state index contributed by atoms with van der Waals surface area (Å²) >= 11 is 0. The molecule has 0 radical (unpaired) electrons. The van der Waals surface area contributed by atoms with E-state index in [1.165, 1.54) is 16.7 Å². The van der Waals surface area contributed by atoms with Gasteiger partial charge in [-0.2, -0.15) is 4.98 Å². The van der Waals surface area contributed by atoms with Crippen molar-refractivity contribution in [1.82, 2.24) is 10.1 Å². The molecule has 0 atom stereocenters. The van der Waals surface area contributed by atoms with Crippen LogP contribution in [0.25, 0.3) is 0 Å². The van der Waals surface area contributed by atoms with Crippen LogP contribution in [0.5, 0.6) is 0 Å². The maximum Gasteiger partial charge on any atom is 0.237 e. The van der Waals surface area contributed by atoms with E-state index in [4.69, 9.17) is 15.2 Å². The van der Waals surface area contributed by atoms with Gasteiger partial charge in [-0.05, 0) is 45.1 Å². The molecule has 0 unspecified atom stereocenters. The molecule has 2 N–H and O–H groups in total. The Morgan fingerprint density at radius 2 is 1.64 bits per heavy atom. The number of benzene rings is 1. The van der Waals surface area contributed by atoms with Crippen molar-refractivity contribution < 1.29 is 4.52 Å². The SMILES string of the molecule is Cc1cc(C)cc(C2(c3nc(C4(N)CCCC4)no3)CC2)c1. The Bertz CT molecular complexity index is 689. The van der Waals surface area contributed by atoms with Crippen molar-refractivity contribution in [2.45, 2.75) is 63.3 Å². The summed E-state index contributed by atoms with van der Waals surface area (Å²) in [5.41, 5.74) is 9.88. The van der Waals surface area contributed by atoms with Gasteiger partial charge in [-0.15, -0.1) is 0 Å². The molecule has 2 aromatic rings. The number of hydrogen-bond acceptors (Lipinski definition) is 4. The Morgan fingerprint density at radius 1 is 1.00 bits per heavy atom. The van der Waals surface area contributed by atoms with Crippen molar-refractivity contribution in [3.63, 3.8) is 0 Å². The maximum absolute atomic E-state index is 6.46. The highest BCUT2D eigenvalue weighted by atomic mass is 16.5. The fourth-order valence-corrected chi connectivity index (χ4v) is 3.85. The van der Waals surface area contributed by atoms with Gasteiger partial charge in [0.15, 0.2) is 5.82 Å². The fraction of sp³-hybridized carbons (Fsp3) is 0.556. The molecule has 2 aliphatic carbocycles. The minimum atomic E-state index is -0.375. The van der Waals surface area contributed by atoms with E-state index in [0.717, 1.165) is 44.4 Å². The molecule has 1 aromatic heterocycles. The average Bonchev–Trinajstić information content (AvgIpc) is 2.92. The van der Waals surface area contributed by atoms with Crippen LogP contribution in [0.15, 0.2) is 22.7 Å². The summed E-state index contributed by atoms with van der Waals surface area (Å²) in [5.74, 6) is 1.46. The first-order chi connectivity index (χ1) is 10.5. The van der Waals surface area contributed by atoms with Crippen molar-refractivity contribution in [1.29, 1.82) is 0 Å². The fourth-order valence-electron chi connectivity index (χ4n) is 3.85. The van der Waals surface area contributed by atoms with Crippen LogP contribution in [0.1, 0.15) is 66.9 Å². The normalized spacial score (nSPS) is 22.0. The van der Waals surface area contributed by atoms with E-state index in [9.17, 15) is 0 Å². The molecule has 0 spiro atoms. The molecule has 4 rings (SSSR count). The lowest BCUT2D eigenvalue weighted by molar-refractivity contribution is 0.337. The highest BCUT2D eigenvalue weighted by Gasteiger charge is 2.52. The van der Waals surface area contributed by atoms with E-state index in [2.05, 4.69) is 37.2 Å². The van der Waals surface area contributed by atoms with E-state index in [0.29, 0.717) is 5.82 Å². The molecule has 2 aliphatic rings. The van der Waals surface area contributed by atoms with E-state index in [1.54, 1.807) is 0 Å². The Balaban J connectivity index is 1.71. The van der Waals surface area contributed by atoms with Gasteiger partial charge in [-0.25, -0.2) is 0 Å². The first-order valence-electron chi connectivity index (χ1n) is 8.24. The van der Waals surface area contributed by atoms with Crippen LogP contribution >= 0.6 is 0 Å². The zero-order valence-corrected chi connectivity index (χ0v) is 13.4. The largest absolute Gasteiger partial charge is 0.338 e. The molecule has 2 fully saturated rings. The second kappa shape index (κ2) is 4.66. The van der Waals surface area contributed by atoms with Gasteiger partial charge in [0, 0.05) is 0 Å². The molecule has 2 saturated carbocycles. The zero-order chi connectivity index (χ0) is 15.4. The molecule has 0 bridgehead atoms. The number of aryl methyl sites for hydroxylation is 2. The predicted octanol–water partition coefficient (Wildman–Crippen LogP) is 3.49. The maximum atomic E-state index is 6.46. The summed E-state index contributed by atoms with van der Waals surface area (Å²) in [6, 6.07) is 6.70. The van der Waals surface area contributed by atoms with E-state index >= 15 is 0 Å². The van der Waals surface area contributed by atoms with E-state index in [1.807, 2.05) is 0 Å². The van der Waals surface area contributed by atoms with Crippen molar-refractivity contribution in [3.8, 4) is 0 Å². The average molecular weight is 297 g/mol. The monoisotopic (exact) mass is 297 g/mol. The summed E-state index contributed by atoms with van der Waals surface area (Å²) < 4.78 is 5.66. The lowest BCUT2D eigenvalue weighted by Crippen LogP contribution is -2.34. The van der Waals surface area contributed by atoms with Gasteiger partial charge in [0.1, 0.15) is 0 Å². The molecule has 4 heteroatoms. The van der Waals surface area contributed by atoms with Gasteiger partial charge in [0.2, 0.25) is 5.89 Å². The van der Waals surface area contributed by atoms with Gasteiger partial charge >= 0.3 is 0 Å². The Morgan fingerprint density at radius 3 is 2.23 bits per heavy atom. The van der Waals surface area contributed by atoms with Gasteiger partial charge in [-0.3, -0.25) is 0 Å². The van der Waals surface area contributed by atoms with Crippen LogP contribution in [-0.2, 0) is 11.0 Å². The third kappa shape index (κ3) is 2.09. The van der Waals surface area contributed by atoms with Crippen molar-refractivity contribution >= 4 is 0 Å². The lowest BCUT2D eigenvalue weighted by Gasteiger charge is -2.18. The number of hydrogen-bond donors (Lipinski definition) is 1. The molecule has 1 aromatic carbocycles. The Kier molecular flexibility index (Phi) is 2.95. The molecule has 22 heavy (non-hydrogen) atoms. The first-order valence-corrected chi connectivity index (χ1v) is 8.24. The first kappa shape index (κ1) is 13.9. The van der Waals surface area contributed by atoms with Gasteiger partial charge in [-0.1, -0.05) is 47.3 Å². The minimum Gasteiger partial charge on any atom is -0.338 e. The highest BCUT2D eigenvalue weighted by Crippen LogP contribution is 2.53. The van der Waals surface area contributed by atoms with Crippen molar-refractivity contribution in [2.24, 2.45) is 5.73 Å². The number of aromatic nitrogens is 2. The molecule has 0 amide bonds. The van der Waals surface area contributed by atoms with Crippen LogP contribution < -0.4 is 5.73 Å². The minimum absolute atomic E-state index is 0.0724. The number of nitrogens with zero attached hydrogens (tertiary/aromatic N) is 2. The van der Waals surface area contributed by atoms with Crippen molar-refractivity contribution in [2.75, 3.05) is 0 Å². The van der Waals surface area contributed by atoms with Gasteiger partial charge < -0.3 is 10.3 Å². The van der Waals surface area contributed by atoms with Gasteiger partial charge in [0.05, 0.1) is 11.0 Å². The summed E-state index contributed by atoms with van der Waals surface area (Å²) in [7, 11) is 0. The van der Waals surface area contributed by atoms with Crippen molar-refractivity contribution in [3.05, 3.63) is 46.6 Å². The smallest absolute Gasteiger partial charge is 0.237 e. The topological polar surface area (TPSA) is 64.9 Å². The number of rotatable bonds is 3. The zero-order valence-electron chi connectivity index (χ0n) is 13.4. The summed E-state index contributed by atoms with van der Waals surface area (Å²) in [6.07, 6.45) is 6.39. The molecule has 0 saturated heterocycles. The van der Waals surface area contributed by atoms with Crippen LogP contribution in [0.2, 0.25) is 0 Å². The van der Waals surface area contributed by atoms with Crippen LogP contribution in [-0.4, -0.2) is 10.1 Å². The molecule has 116 valence electrons. The summed E-state index contributed by atoms with van der Waals surface area (Å²) in [6.45, 7) is 4.28. The lowest BCUT2D eigenvalue weighted by atomic mass is 9.92. The van der Waals surface area contributed by atoms with E-state index in [-0.39, 0.29) is 11.0 Å². The summed E-state index contributed by atoms with van der Waals surface area (Å²) in [4.78, 5) is 4.73. The second-order valence-electron chi connectivity index (χ2n) is 7.24. The van der Waals surface area contributed by atoms with Crippen LogP contribution in [0.4, 0.5) is 0 Å². The third-order valence-corrected chi connectivity index (χ3v) is 5.30. The highest BCUT2D eigenvalue weighted by molar-refractivity contribution is 5.42. The quantitative estimate of drug-likeness (QED) is 0.941. The second-order valence-corrected chi connectivity index (χ2v) is 7.24.